The second-order valence-electron chi connectivity index (χ2n) is 5.08. The molecule has 19 heavy (non-hydrogen) atoms. The van der Waals surface area contributed by atoms with E-state index >= 15 is 0 Å². The van der Waals surface area contributed by atoms with E-state index in [4.69, 9.17) is 21.1 Å². The molecule has 4 heteroatoms. The zero-order valence-electron chi connectivity index (χ0n) is 11.6. The van der Waals surface area contributed by atoms with Crippen LogP contribution in [0.1, 0.15) is 25.3 Å². The van der Waals surface area contributed by atoms with Gasteiger partial charge in [0.1, 0.15) is 12.4 Å². The Morgan fingerprint density at radius 3 is 3.11 bits per heavy atom. The molecule has 1 aromatic rings. The number of benzene rings is 1. The lowest BCUT2D eigenvalue weighted by molar-refractivity contribution is 0.0824. The van der Waals surface area contributed by atoms with Crippen LogP contribution >= 0.6 is 11.6 Å². The van der Waals surface area contributed by atoms with Crippen molar-refractivity contribution in [2.45, 2.75) is 38.8 Å². The number of aryl methyl sites for hydroxylation is 1. The Morgan fingerprint density at radius 1 is 1.53 bits per heavy atom. The SMILES string of the molecule is Cc1ccc(Cl)c(OCCNC(C)C2CCCO2)c1. The molecule has 2 rings (SSSR count). The van der Waals surface area contributed by atoms with E-state index in [2.05, 4.69) is 12.2 Å². The van der Waals surface area contributed by atoms with Crippen molar-refractivity contribution in [1.29, 1.82) is 0 Å². The molecule has 1 fully saturated rings. The minimum absolute atomic E-state index is 0.350. The third-order valence-corrected chi connectivity index (χ3v) is 3.75. The van der Waals surface area contributed by atoms with Gasteiger partial charge in [0, 0.05) is 19.2 Å². The van der Waals surface area contributed by atoms with Crippen molar-refractivity contribution in [2.75, 3.05) is 19.8 Å². The first-order chi connectivity index (χ1) is 9.16. The molecule has 1 N–H and O–H groups in total. The largest absolute Gasteiger partial charge is 0.491 e. The van der Waals surface area contributed by atoms with E-state index in [9.17, 15) is 0 Å². The van der Waals surface area contributed by atoms with Crippen molar-refractivity contribution in [2.24, 2.45) is 0 Å². The van der Waals surface area contributed by atoms with Crippen LogP contribution in [-0.4, -0.2) is 31.9 Å². The van der Waals surface area contributed by atoms with E-state index in [1.165, 1.54) is 6.42 Å². The molecule has 1 aromatic carbocycles. The molecule has 1 aliphatic heterocycles. The summed E-state index contributed by atoms with van der Waals surface area (Å²) in [5.41, 5.74) is 1.15. The third kappa shape index (κ3) is 4.37. The lowest BCUT2D eigenvalue weighted by atomic mass is 10.1. The normalized spacial score (nSPS) is 20.5. The topological polar surface area (TPSA) is 30.5 Å². The second-order valence-corrected chi connectivity index (χ2v) is 5.48. The second kappa shape index (κ2) is 7.13. The van der Waals surface area contributed by atoms with Gasteiger partial charge < -0.3 is 14.8 Å². The van der Waals surface area contributed by atoms with Crippen LogP contribution < -0.4 is 10.1 Å². The van der Waals surface area contributed by atoms with E-state index < -0.39 is 0 Å². The summed E-state index contributed by atoms with van der Waals surface area (Å²) < 4.78 is 11.3. The molecule has 1 heterocycles. The lowest BCUT2D eigenvalue weighted by Crippen LogP contribution is -2.39. The minimum Gasteiger partial charge on any atom is -0.491 e. The summed E-state index contributed by atoms with van der Waals surface area (Å²) in [4.78, 5) is 0. The molecule has 0 radical (unpaired) electrons. The predicted octanol–water partition coefficient (Wildman–Crippen LogP) is 3.18. The summed E-state index contributed by atoms with van der Waals surface area (Å²) in [6.07, 6.45) is 2.67. The number of ether oxygens (including phenoxy) is 2. The van der Waals surface area contributed by atoms with Gasteiger partial charge in [-0.15, -0.1) is 0 Å². The van der Waals surface area contributed by atoms with E-state index in [1.54, 1.807) is 0 Å². The molecule has 0 saturated carbocycles. The zero-order chi connectivity index (χ0) is 13.7. The van der Waals surface area contributed by atoms with Gasteiger partial charge in [0.2, 0.25) is 0 Å². The Bertz CT molecular complexity index is 405. The van der Waals surface area contributed by atoms with Gasteiger partial charge in [-0.05, 0) is 44.4 Å². The Balaban J connectivity index is 1.70. The van der Waals surface area contributed by atoms with Gasteiger partial charge in [-0.2, -0.15) is 0 Å². The summed E-state index contributed by atoms with van der Waals surface area (Å²) in [6.45, 7) is 6.49. The highest BCUT2D eigenvalue weighted by Gasteiger charge is 2.21. The molecule has 3 nitrogen and oxygen atoms in total. The molecule has 1 saturated heterocycles. The van der Waals surface area contributed by atoms with Gasteiger partial charge >= 0.3 is 0 Å². The van der Waals surface area contributed by atoms with Crippen LogP contribution in [0.2, 0.25) is 5.02 Å². The Kier molecular flexibility index (Phi) is 5.49. The van der Waals surface area contributed by atoms with Gasteiger partial charge in [0.05, 0.1) is 11.1 Å². The van der Waals surface area contributed by atoms with Gasteiger partial charge in [-0.1, -0.05) is 17.7 Å². The van der Waals surface area contributed by atoms with Crippen molar-refractivity contribution in [1.82, 2.24) is 5.32 Å². The van der Waals surface area contributed by atoms with E-state index in [0.29, 0.717) is 23.8 Å². The smallest absolute Gasteiger partial charge is 0.138 e. The first-order valence-electron chi connectivity index (χ1n) is 6.91. The summed E-state index contributed by atoms with van der Waals surface area (Å²) in [5, 5.41) is 4.10. The van der Waals surface area contributed by atoms with Crippen LogP contribution in [0, 0.1) is 6.92 Å². The Morgan fingerprint density at radius 2 is 2.37 bits per heavy atom. The van der Waals surface area contributed by atoms with Crippen molar-refractivity contribution in [3.63, 3.8) is 0 Å². The fourth-order valence-electron chi connectivity index (χ4n) is 2.30. The monoisotopic (exact) mass is 283 g/mol. The first kappa shape index (κ1) is 14.6. The van der Waals surface area contributed by atoms with Crippen LogP contribution in [0.5, 0.6) is 5.75 Å². The van der Waals surface area contributed by atoms with Crippen LogP contribution in [0.4, 0.5) is 0 Å². The number of halogens is 1. The molecule has 0 bridgehead atoms. The number of rotatable bonds is 6. The average Bonchev–Trinajstić information content (AvgIpc) is 2.92. The third-order valence-electron chi connectivity index (χ3n) is 3.44. The zero-order valence-corrected chi connectivity index (χ0v) is 12.4. The van der Waals surface area contributed by atoms with Gasteiger partial charge in [-0.25, -0.2) is 0 Å². The molecule has 2 atom stereocenters. The van der Waals surface area contributed by atoms with Gasteiger partial charge in [-0.3, -0.25) is 0 Å². The first-order valence-corrected chi connectivity index (χ1v) is 7.28. The molecule has 2 unspecified atom stereocenters. The molecule has 106 valence electrons. The van der Waals surface area contributed by atoms with Crippen LogP contribution in [-0.2, 0) is 4.74 Å². The van der Waals surface area contributed by atoms with E-state index in [-0.39, 0.29) is 0 Å². The average molecular weight is 284 g/mol. The van der Waals surface area contributed by atoms with Crippen LogP contribution in [0.3, 0.4) is 0 Å². The van der Waals surface area contributed by atoms with Crippen molar-refractivity contribution >= 4 is 11.6 Å². The molecule has 1 aliphatic rings. The van der Waals surface area contributed by atoms with Crippen molar-refractivity contribution in [3.8, 4) is 5.75 Å². The molecular formula is C15H22ClNO2. The van der Waals surface area contributed by atoms with Crippen LogP contribution in [0.15, 0.2) is 18.2 Å². The summed E-state index contributed by atoms with van der Waals surface area (Å²) in [6, 6.07) is 6.19. The van der Waals surface area contributed by atoms with Crippen LogP contribution in [0.25, 0.3) is 0 Å². The Labute approximate surface area is 120 Å². The fourth-order valence-corrected chi connectivity index (χ4v) is 2.47. The van der Waals surface area contributed by atoms with Crippen molar-refractivity contribution < 1.29 is 9.47 Å². The minimum atomic E-state index is 0.350. The van der Waals surface area contributed by atoms with Gasteiger partial charge in [0.15, 0.2) is 0 Å². The molecule has 0 aromatic heterocycles. The maximum atomic E-state index is 6.08. The number of nitrogens with one attached hydrogen (secondary N) is 1. The molecule has 0 aliphatic carbocycles. The molecular weight excluding hydrogens is 262 g/mol. The molecule has 0 spiro atoms. The molecule has 0 amide bonds. The maximum absolute atomic E-state index is 6.08. The standard InChI is InChI=1S/C15H22ClNO2/c1-11-5-6-13(16)15(10-11)19-9-7-17-12(2)14-4-3-8-18-14/h5-6,10,12,14,17H,3-4,7-9H2,1-2H3. The predicted molar refractivity (Wildman–Crippen MR) is 78.1 cm³/mol. The summed E-state index contributed by atoms with van der Waals surface area (Å²) >= 11 is 6.08. The highest BCUT2D eigenvalue weighted by molar-refractivity contribution is 6.32. The summed E-state index contributed by atoms with van der Waals surface area (Å²) in [7, 11) is 0. The quantitative estimate of drug-likeness (QED) is 0.814. The highest BCUT2D eigenvalue weighted by Crippen LogP contribution is 2.25. The fraction of sp³-hybridized carbons (Fsp3) is 0.600. The lowest BCUT2D eigenvalue weighted by Gasteiger charge is -2.20. The summed E-state index contributed by atoms with van der Waals surface area (Å²) in [5.74, 6) is 0.758. The van der Waals surface area contributed by atoms with E-state index in [1.807, 2.05) is 25.1 Å². The van der Waals surface area contributed by atoms with E-state index in [0.717, 1.165) is 30.9 Å². The number of hydrogen-bond donors (Lipinski definition) is 1. The van der Waals surface area contributed by atoms with Crippen molar-refractivity contribution in [3.05, 3.63) is 28.8 Å². The van der Waals surface area contributed by atoms with Gasteiger partial charge in [0.25, 0.3) is 0 Å². The highest BCUT2D eigenvalue weighted by atomic mass is 35.5. The Hall–Kier alpha value is -0.770. The maximum Gasteiger partial charge on any atom is 0.138 e. The number of hydrogen-bond acceptors (Lipinski definition) is 3.